The highest BCUT2D eigenvalue weighted by molar-refractivity contribution is 5.14. The molecule has 1 heteroatoms. The van der Waals surface area contributed by atoms with Crippen LogP contribution >= 0.6 is 0 Å². The molecule has 2 rings (SSSR count). The van der Waals surface area contributed by atoms with Gasteiger partial charge in [0.25, 0.3) is 0 Å². The van der Waals surface area contributed by atoms with Crippen molar-refractivity contribution >= 4 is 0 Å². The molecule has 1 saturated heterocycles. The third-order valence-electron chi connectivity index (χ3n) is 2.45. The summed E-state index contributed by atoms with van der Waals surface area (Å²) in [6, 6.07) is 10.7. The van der Waals surface area contributed by atoms with Gasteiger partial charge in [0.15, 0.2) is 0 Å². The van der Waals surface area contributed by atoms with Crippen molar-refractivity contribution in [2.45, 2.75) is 39.7 Å². The minimum Gasteiger partial charge on any atom is -0.299 e. The largest absolute Gasteiger partial charge is 0.299 e. The molecule has 0 N–H and O–H groups in total. The molecule has 1 aliphatic heterocycles. The number of rotatable bonds is 2. The molecule has 0 bridgehead atoms. The third kappa shape index (κ3) is 4.98. The van der Waals surface area contributed by atoms with Gasteiger partial charge in [-0.05, 0) is 31.5 Å². The van der Waals surface area contributed by atoms with E-state index in [4.69, 9.17) is 0 Å². The van der Waals surface area contributed by atoms with Crippen LogP contribution in [0.15, 0.2) is 30.3 Å². The maximum Gasteiger partial charge on any atom is 0.0233 e. The van der Waals surface area contributed by atoms with Crippen molar-refractivity contribution in [3.8, 4) is 0 Å². The summed E-state index contributed by atoms with van der Waals surface area (Å²) < 4.78 is 0. The van der Waals surface area contributed by atoms with Gasteiger partial charge in [0.05, 0.1) is 0 Å². The van der Waals surface area contributed by atoms with E-state index >= 15 is 0 Å². The standard InChI is InChI=1S/C11H15N.C3H8/c1-2-6-11(7-3-1)10-12-8-4-5-9-12;1-3-2/h1-3,6-7H,4-5,8-10H2;3H2,1-2H3. The first kappa shape index (κ1) is 12.3. The van der Waals surface area contributed by atoms with Crippen LogP contribution in [0.2, 0.25) is 0 Å². The quantitative estimate of drug-likeness (QED) is 0.711. The van der Waals surface area contributed by atoms with Gasteiger partial charge >= 0.3 is 0 Å². The van der Waals surface area contributed by atoms with Crippen molar-refractivity contribution in [3.63, 3.8) is 0 Å². The van der Waals surface area contributed by atoms with Gasteiger partial charge in [0, 0.05) is 6.54 Å². The van der Waals surface area contributed by atoms with Gasteiger partial charge < -0.3 is 0 Å². The first-order valence-electron chi connectivity index (χ1n) is 6.13. The topological polar surface area (TPSA) is 3.24 Å². The average Bonchev–Trinajstić information content (AvgIpc) is 2.73. The van der Waals surface area contributed by atoms with Gasteiger partial charge in [0.2, 0.25) is 0 Å². The van der Waals surface area contributed by atoms with E-state index in [1.165, 1.54) is 37.9 Å². The Balaban J connectivity index is 0.000000337. The Hall–Kier alpha value is -0.820. The van der Waals surface area contributed by atoms with Crippen LogP contribution in [0.3, 0.4) is 0 Å². The number of hydrogen-bond acceptors (Lipinski definition) is 1. The lowest BCUT2D eigenvalue weighted by molar-refractivity contribution is 0.331. The van der Waals surface area contributed by atoms with Crippen molar-refractivity contribution in [1.82, 2.24) is 4.90 Å². The van der Waals surface area contributed by atoms with Gasteiger partial charge in [-0.3, -0.25) is 4.90 Å². The fraction of sp³-hybridized carbons (Fsp3) is 0.571. The molecule has 1 aromatic rings. The van der Waals surface area contributed by atoms with E-state index in [2.05, 4.69) is 49.1 Å². The third-order valence-corrected chi connectivity index (χ3v) is 2.45. The highest BCUT2D eigenvalue weighted by Crippen LogP contribution is 2.11. The molecular formula is C14H23N. The fourth-order valence-electron chi connectivity index (χ4n) is 1.78. The van der Waals surface area contributed by atoms with Crippen LogP contribution in [0.25, 0.3) is 0 Å². The van der Waals surface area contributed by atoms with Gasteiger partial charge in [-0.1, -0.05) is 50.6 Å². The van der Waals surface area contributed by atoms with Crippen molar-refractivity contribution < 1.29 is 0 Å². The molecule has 84 valence electrons. The molecular weight excluding hydrogens is 182 g/mol. The number of hydrogen-bond donors (Lipinski definition) is 0. The minimum absolute atomic E-state index is 1.14. The van der Waals surface area contributed by atoms with Crippen molar-refractivity contribution in [2.24, 2.45) is 0 Å². The zero-order chi connectivity index (χ0) is 10.9. The molecule has 1 fully saturated rings. The first-order chi connectivity index (χ1) is 7.36. The smallest absolute Gasteiger partial charge is 0.0233 e. The molecule has 1 heterocycles. The summed E-state index contributed by atoms with van der Waals surface area (Å²) in [5.74, 6) is 0. The summed E-state index contributed by atoms with van der Waals surface area (Å²) in [7, 11) is 0. The highest BCUT2D eigenvalue weighted by Gasteiger charge is 2.10. The van der Waals surface area contributed by atoms with Crippen LogP contribution < -0.4 is 0 Å². The van der Waals surface area contributed by atoms with E-state index in [1.54, 1.807) is 0 Å². The normalized spacial score (nSPS) is 15.9. The Morgan fingerprint density at radius 2 is 1.53 bits per heavy atom. The van der Waals surface area contributed by atoms with Crippen LogP contribution in [0.4, 0.5) is 0 Å². The van der Waals surface area contributed by atoms with Crippen LogP contribution in [0.1, 0.15) is 38.7 Å². The first-order valence-corrected chi connectivity index (χ1v) is 6.13. The molecule has 0 unspecified atom stereocenters. The van der Waals surface area contributed by atoms with Gasteiger partial charge in [-0.15, -0.1) is 0 Å². The molecule has 0 amide bonds. The summed E-state index contributed by atoms with van der Waals surface area (Å²) in [6.45, 7) is 7.96. The van der Waals surface area contributed by atoms with E-state index < -0.39 is 0 Å². The fourth-order valence-corrected chi connectivity index (χ4v) is 1.78. The molecule has 0 radical (unpaired) electrons. The second-order valence-electron chi connectivity index (χ2n) is 4.18. The molecule has 0 saturated carbocycles. The Bertz CT molecular complexity index is 237. The lowest BCUT2D eigenvalue weighted by Crippen LogP contribution is -2.18. The molecule has 15 heavy (non-hydrogen) atoms. The lowest BCUT2D eigenvalue weighted by Gasteiger charge is -2.13. The zero-order valence-electron chi connectivity index (χ0n) is 10.1. The van der Waals surface area contributed by atoms with Gasteiger partial charge in [0.1, 0.15) is 0 Å². The summed E-state index contributed by atoms with van der Waals surface area (Å²) in [5.41, 5.74) is 1.44. The summed E-state index contributed by atoms with van der Waals surface area (Å²) >= 11 is 0. The molecule has 0 spiro atoms. The Morgan fingerprint density at radius 3 is 2.07 bits per heavy atom. The predicted molar refractivity (Wildman–Crippen MR) is 66.9 cm³/mol. The second-order valence-corrected chi connectivity index (χ2v) is 4.18. The van der Waals surface area contributed by atoms with E-state index in [1.807, 2.05) is 0 Å². The maximum absolute atomic E-state index is 2.52. The van der Waals surface area contributed by atoms with Crippen molar-refractivity contribution in [3.05, 3.63) is 35.9 Å². The second kappa shape index (κ2) is 7.47. The highest BCUT2D eigenvalue weighted by atomic mass is 15.1. The van der Waals surface area contributed by atoms with Crippen LogP contribution in [0.5, 0.6) is 0 Å². The number of likely N-dealkylation sites (tertiary alicyclic amines) is 1. The Labute approximate surface area is 94.1 Å². The van der Waals surface area contributed by atoms with Gasteiger partial charge in [-0.2, -0.15) is 0 Å². The molecule has 0 atom stereocenters. The van der Waals surface area contributed by atoms with Gasteiger partial charge in [-0.25, -0.2) is 0 Å². The maximum atomic E-state index is 2.52. The lowest BCUT2D eigenvalue weighted by atomic mass is 10.2. The minimum atomic E-state index is 1.14. The monoisotopic (exact) mass is 205 g/mol. The molecule has 1 aromatic carbocycles. The summed E-state index contributed by atoms with van der Waals surface area (Å²) in [6.07, 6.45) is 4.01. The zero-order valence-corrected chi connectivity index (χ0v) is 10.1. The summed E-state index contributed by atoms with van der Waals surface area (Å²) in [5, 5.41) is 0. The van der Waals surface area contributed by atoms with Crippen molar-refractivity contribution in [2.75, 3.05) is 13.1 Å². The van der Waals surface area contributed by atoms with Crippen LogP contribution in [-0.4, -0.2) is 18.0 Å². The SMILES string of the molecule is CCC.c1ccc(CN2CCCC2)cc1. The molecule has 1 aliphatic rings. The molecule has 1 nitrogen and oxygen atoms in total. The van der Waals surface area contributed by atoms with E-state index in [9.17, 15) is 0 Å². The molecule has 0 aliphatic carbocycles. The van der Waals surface area contributed by atoms with E-state index in [0.717, 1.165) is 6.54 Å². The average molecular weight is 205 g/mol. The van der Waals surface area contributed by atoms with Crippen molar-refractivity contribution in [1.29, 1.82) is 0 Å². The summed E-state index contributed by atoms with van der Waals surface area (Å²) in [4.78, 5) is 2.52. The Morgan fingerprint density at radius 1 is 1.00 bits per heavy atom. The Kier molecular flexibility index (Phi) is 6.10. The van der Waals surface area contributed by atoms with Crippen LogP contribution in [-0.2, 0) is 6.54 Å². The van der Waals surface area contributed by atoms with E-state index in [0.29, 0.717) is 0 Å². The number of nitrogens with zero attached hydrogens (tertiary/aromatic N) is 1. The molecule has 0 aromatic heterocycles. The predicted octanol–water partition coefficient (Wildman–Crippen LogP) is 3.70. The number of benzene rings is 1. The van der Waals surface area contributed by atoms with Crippen LogP contribution in [0, 0.1) is 0 Å². The van der Waals surface area contributed by atoms with E-state index in [-0.39, 0.29) is 0 Å².